The summed E-state index contributed by atoms with van der Waals surface area (Å²) in [6.45, 7) is 2.29. The average Bonchev–Trinajstić information content (AvgIpc) is 3.14. The molecule has 24 heavy (non-hydrogen) atoms. The first kappa shape index (κ1) is 16.7. The Morgan fingerprint density at radius 1 is 1.17 bits per heavy atom. The number of halogens is 1. The Bertz CT molecular complexity index is 594. The normalized spacial score (nSPS) is 28.5. The molecule has 0 bridgehead atoms. The third kappa shape index (κ3) is 3.23. The quantitative estimate of drug-likeness (QED) is 0.794. The van der Waals surface area contributed by atoms with E-state index in [2.05, 4.69) is 0 Å². The zero-order valence-electron chi connectivity index (χ0n) is 13.7. The van der Waals surface area contributed by atoms with Crippen LogP contribution >= 0.6 is 0 Å². The molecule has 1 saturated carbocycles. The minimum Gasteiger partial charge on any atom is -0.464 e. The van der Waals surface area contributed by atoms with Crippen molar-refractivity contribution >= 4 is 12.1 Å². The molecule has 130 valence electrons. The van der Waals surface area contributed by atoms with Gasteiger partial charge in [-0.2, -0.15) is 0 Å². The van der Waals surface area contributed by atoms with E-state index in [1.807, 2.05) is 30.3 Å². The van der Waals surface area contributed by atoms with Crippen LogP contribution in [-0.4, -0.2) is 42.3 Å². The van der Waals surface area contributed by atoms with Gasteiger partial charge in [0.05, 0.1) is 6.61 Å². The maximum atomic E-state index is 14.1. The van der Waals surface area contributed by atoms with Crippen LogP contribution in [0.1, 0.15) is 25.3 Å². The molecular weight excluding hydrogens is 313 g/mol. The molecule has 0 spiro atoms. The van der Waals surface area contributed by atoms with Gasteiger partial charge in [0.2, 0.25) is 0 Å². The lowest BCUT2D eigenvalue weighted by molar-refractivity contribution is -0.149. The summed E-state index contributed by atoms with van der Waals surface area (Å²) in [5.41, 5.74) is 0.862. The van der Waals surface area contributed by atoms with E-state index in [4.69, 9.17) is 9.47 Å². The van der Waals surface area contributed by atoms with Gasteiger partial charge in [-0.3, -0.25) is 4.90 Å². The fourth-order valence-corrected chi connectivity index (χ4v) is 3.78. The number of rotatable bonds is 4. The lowest BCUT2D eigenvalue weighted by atomic mass is 9.93. The Morgan fingerprint density at radius 2 is 1.92 bits per heavy atom. The highest BCUT2D eigenvalue weighted by Gasteiger charge is 2.54. The van der Waals surface area contributed by atoms with Crippen LogP contribution in [0, 0.1) is 11.8 Å². The standard InChI is InChI=1S/C18H22FNO4/c1-2-23-17(21)16-13-8-9-15(19)14(13)10-20(16)18(22)24-11-12-6-4-3-5-7-12/h3-7,13-16H,2,8-11H2,1H3/t13-,14?,15-,16-/m0/s1. The lowest BCUT2D eigenvalue weighted by Crippen LogP contribution is -2.44. The maximum Gasteiger partial charge on any atom is 0.410 e. The average molecular weight is 335 g/mol. The summed E-state index contributed by atoms with van der Waals surface area (Å²) in [4.78, 5) is 26.1. The molecule has 1 aromatic rings. The first-order chi connectivity index (χ1) is 11.6. The second kappa shape index (κ2) is 7.20. The van der Waals surface area contributed by atoms with Crippen LogP contribution in [-0.2, 0) is 20.9 Å². The van der Waals surface area contributed by atoms with Gasteiger partial charge in [0, 0.05) is 12.5 Å². The first-order valence-corrected chi connectivity index (χ1v) is 8.39. The summed E-state index contributed by atoms with van der Waals surface area (Å²) in [5.74, 6) is -0.942. The lowest BCUT2D eigenvalue weighted by Gasteiger charge is -2.25. The fraction of sp³-hybridized carbons (Fsp3) is 0.556. The predicted molar refractivity (Wildman–Crippen MR) is 84.9 cm³/mol. The second-order valence-corrected chi connectivity index (χ2v) is 6.31. The van der Waals surface area contributed by atoms with Crippen molar-refractivity contribution in [3.8, 4) is 0 Å². The molecule has 2 fully saturated rings. The molecule has 3 rings (SSSR count). The molecule has 4 atom stereocenters. The number of carbonyl (C=O) groups is 2. The summed E-state index contributed by atoms with van der Waals surface area (Å²) >= 11 is 0. The summed E-state index contributed by atoms with van der Waals surface area (Å²) in [5, 5.41) is 0. The van der Waals surface area contributed by atoms with Crippen molar-refractivity contribution in [2.45, 2.75) is 38.6 Å². The Labute approximate surface area is 140 Å². The van der Waals surface area contributed by atoms with E-state index in [0.717, 1.165) is 5.56 Å². The first-order valence-electron chi connectivity index (χ1n) is 8.39. The molecule has 0 aromatic heterocycles. The van der Waals surface area contributed by atoms with Crippen LogP contribution in [0.2, 0.25) is 0 Å². The molecular formula is C18H22FNO4. The number of carbonyl (C=O) groups excluding carboxylic acids is 2. The van der Waals surface area contributed by atoms with E-state index in [9.17, 15) is 14.0 Å². The Balaban J connectivity index is 1.69. The van der Waals surface area contributed by atoms with Gasteiger partial charge in [-0.05, 0) is 31.2 Å². The van der Waals surface area contributed by atoms with Crippen molar-refractivity contribution in [1.82, 2.24) is 4.90 Å². The van der Waals surface area contributed by atoms with Crippen LogP contribution < -0.4 is 0 Å². The van der Waals surface area contributed by atoms with Gasteiger partial charge >= 0.3 is 12.1 Å². The van der Waals surface area contributed by atoms with Crippen molar-refractivity contribution < 1.29 is 23.5 Å². The molecule has 5 nitrogen and oxygen atoms in total. The smallest absolute Gasteiger partial charge is 0.410 e. The summed E-state index contributed by atoms with van der Waals surface area (Å²) in [6, 6.07) is 8.57. The van der Waals surface area contributed by atoms with Gasteiger partial charge in [0.1, 0.15) is 18.8 Å². The molecule has 1 aliphatic heterocycles. The minimum absolute atomic E-state index is 0.125. The van der Waals surface area contributed by atoms with Gasteiger partial charge in [0.25, 0.3) is 0 Å². The van der Waals surface area contributed by atoms with Gasteiger partial charge < -0.3 is 9.47 Å². The van der Waals surface area contributed by atoms with Crippen molar-refractivity contribution in [2.24, 2.45) is 11.8 Å². The van der Waals surface area contributed by atoms with E-state index in [0.29, 0.717) is 12.8 Å². The fourth-order valence-electron chi connectivity index (χ4n) is 3.78. The Hall–Kier alpha value is -2.11. The number of benzene rings is 1. The van der Waals surface area contributed by atoms with E-state index < -0.39 is 24.3 Å². The van der Waals surface area contributed by atoms with Crippen LogP contribution in [0.25, 0.3) is 0 Å². The number of esters is 1. The number of ether oxygens (including phenoxy) is 2. The topological polar surface area (TPSA) is 55.8 Å². The van der Waals surface area contributed by atoms with Crippen LogP contribution in [0.15, 0.2) is 30.3 Å². The molecule has 1 heterocycles. The zero-order valence-corrected chi connectivity index (χ0v) is 13.7. The number of hydrogen-bond donors (Lipinski definition) is 0. The number of fused-ring (bicyclic) bond motifs is 1. The van der Waals surface area contributed by atoms with E-state index >= 15 is 0 Å². The third-order valence-electron chi connectivity index (χ3n) is 4.91. The van der Waals surface area contributed by atoms with Crippen molar-refractivity contribution in [3.05, 3.63) is 35.9 Å². The number of alkyl halides is 1. The number of likely N-dealkylation sites (tertiary alicyclic amines) is 1. The van der Waals surface area contributed by atoms with Crippen molar-refractivity contribution in [3.63, 3.8) is 0 Å². The van der Waals surface area contributed by atoms with E-state index in [-0.39, 0.29) is 31.6 Å². The summed E-state index contributed by atoms with van der Waals surface area (Å²) in [6.07, 6.45) is -0.520. The predicted octanol–water partition coefficient (Wildman–Crippen LogP) is 2.93. The minimum atomic E-state index is -0.973. The summed E-state index contributed by atoms with van der Waals surface area (Å²) in [7, 11) is 0. The van der Waals surface area contributed by atoms with E-state index in [1.165, 1.54) is 4.90 Å². The molecule has 0 N–H and O–H groups in total. The van der Waals surface area contributed by atoms with Gasteiger partial charge in [-0.15, -0.1) is 0 Å². The van der Waals surface area contributed by atoms with Gasteiger partial charge in [-0.1, -0.05) is 30.3 Å². The SMILES string of the molecule is CCOC(=O)[C@@H]1[C@H]2CC[C@H](F)C2CN1C(=O)OCc1ccccc1. The van der Waals surface area contributed by atoms with Crippen LogP contribution in [0.4, 0.5) is 9.18 Å². The Kier molecular flexibility index (Phi) is 5.02. The van der Waals surface area contributed by atoms with Crippen LogP contribution in [0.5, 0.6) is 0 Å². The Morgan fingerprint density at radius 3 is 2.62 bits per heavy atom. The molecule has 6 heteroatoms. The number of hydrogen-bond acceptors (Lipinski definition) is 4. The zero-order chi connectivity index (χ0) is 17.1. The highest BCUT2D eigenvalue weighted by molar-refractivity contribution is 5.82. The largest absolute Gasteiger partial charge is 0.464 e. The molecule has 1 aliphatic carbocycles. The third-order valence-corrected chi connectivity index (χ3v) is 4.91. The monoisotopic (exact) mass is 335 g/mol. The second-order valence-electron chi connectivity index (χ2n) is 6.31. The molecule has 1 aromatic carbocycles. The molecule has 1 saturated heterocycles. The molecule has 0 radical (unpaired) electrons. The van der Waals surface area contributed by atoms with Crippen molar-refractivity contribution in [1.29, 1.82) is 0 Å². The van der Waals surface area contributed by atoms with E-state index in [1.54, 1.807) is 6.92 Å². The number of nitrogens with zero attached hydrogens (tertiary/aromatic N) is 1. The molecule has 1 unspecified atom stereocenters. The van der Waals surface area contributed by atoms with Crippen molar-refractivity contribution in [2.75, 3.05) is 13.2 Å². The van der Waals surface area contributed by atoms with Gasteiger partial charge in [0.15, 0.2) is 0 Å². The highest BCUT2D eigenvalue weighted by atomic mass is 19.1. The molecule has 1 amide bonds. The van der Waals surface area contributed by atoms with Crippen LogP contribution in [0.3, 0.4) is 0 Å². The summed E-state index contributed by atoms with van der Waals surface area (Å²) < 4.78 is 24.5. The molecule has 2 aliphatic rings. The highest BCUT2D eigenvalue weighted by Crippen LogP contribution is 2.44. The van der Waals surface area contributed by atoms with Gasteiger partial charge in [-0.25, -0.2) is 14.0 Å². The maximum absolute atomic E-state index is 14.1. The number of amides is 1.